The molecule has 0 bridgehead atoms. The lowest BCUT2D eigenvalue weighted by atomic mass is 9.73. The molecule has 7 heteroatoms. The van der Waals surface area contributed by atoms with Gasteiger partial charge in [-0.15, -0.1) is 0 Å². The van der Waals surface area contributed by atoms with E-state index in [1.165, 1.54) is 6.07 Å². The maximum Gasteiger partial charge on any atom is 0.222 e. The number of methoxy groups -OCH3 is 1. The summed E-state index contributed by atoms with van der Waals surface area (Å²) < 4.78 is 19.5. The molecule has 1 amide bonds. The molecule has 3 heterocycles. The first kappa shape index (κ1) is 19.9. The minimum Gasteiger partial charge on any atom is -0.497 e. The van der Waals surface area contributed by atoms with E-state index < -0.39 is 0 Å². The van der Waals surface area contributed by atoms with E-state index in [4.69, 9.17) is 4.74 Å². The fourth-order valence-electron chi connectivity index (χ4n) is 4.79. The summed E-state index contributed by atoms with van der Waals surface area (Å²) in [6.07, 6.45) is 8.02. The number of ether oxygens (including phenoxy) is 1. The molecule has 156 valence electrons. The highest BCUT2D eigenvalue weighted by atomic mass is 19.1. The largest absolute Gasteiger partial charge is 0.497 e. The molecule has 1 aromatic heterocycles. The molecule has 2 aliphatic heterocycles. The molecule has 4 rings (SSSR count). The van der Waals surface area contributed by atoms with Gasteiger partial charge < -0.3 is 14.6 Å². The van der Waals surface area contributed by atoms with Gasteiger partial charge in [0.1, 0.15) is 11.6 Å². The Kier molecular flexibility index (Phi) is 5.85. The van der Waals surface area contributed by atoms with Crippen LogP contribution in [0.2, 0.25) is 0 Å². The van der Waals surface area contributed by atoms with Crippen molar-refractivity contribution in [3.05, 3.63) is 47.8 Å². The summed E-state index contributed by atoms with van der Waals surface area (Å²) in [7, 11) is 1.55. The van der Waals surface area contributed by atoms with E-state index >= 15 is 0 Å². The molecule has 2 aliphatic rings. The monoisotopic (exact) mass is 400 g/mol. The second kappa shape index (κ2) is 8.53. The normalized spacial score (nSPS) is 23.0. The second-order valence-corrected chi connectivity index (χ2v) is 8.41. The number of aromatic amines is 1. The number of hydrogen-bond donors (Lipinski definition) is 1. The summed E-state index contributed by atoms with van der Waals surface area (Å²) in [4.78, 5) is 24.0. The molecule has 1 N–H and O–H groups in total. The Bertz CT molecular complexity index is 841. The summed E-state index contributed by atoms with van der Waals surface area (Å²) in [5.41, 5.74) is 1.87. The number of imidazole rings is 1. The number of nitrogens with one attached hydrogen (secondary N) is 1. The van der Waals surface area contributed by atoms with Crippen LogP contribution in [0.5, 0.6) is 5.75 Å². The number of piperidine rings is 2. The Hall–Kier alpha value is -2.41. The van der Waals surface area contributed by atoms with Crippen molar-refractivity contribution in [3.8, 4) is 5.75 Å². The van der Waals surface area contributed by atoms with Crippen LogP contribution < -0.4 is 4.74 Å². The lowest BCUT2D eigenvalue weighted by Crippen LogP contribution is -2.54. The van der Waals surface area contributed by atoms with Gasteiger partial charge in [-0.2, -0.15) is 0 Å². The number of benzene rings is 1. The number of carbonyl (C=O) groups is 1. The van der Waals surface area contributed by atoms with Crippen LogP contribution >= 0.6 is 0 Å². The fourth-order valence-corrected chi connectivity index (χ4v) is 4.79. The van der Waals surface area contributed by atoms with Gasteiger partial charge in [0.15, 0.2) is 0 Å². The number of H-pyrrole nitrogens is 1. The van der Waals surface area contributed by atoms with Crippen molar-refractivity contribution >= 4 is 5.91 Å². The van der Waals surface area contributed by atoms with Gasteiger partial charge in [0.25, 0.3) is 0 Å². The zero-order chi connectivity index (χ0) is 20.3. The summed E-state index contributed by atoms with van der Waals surface area (Å²) in [6, 6.07) is 5.08. The number of halogens is 1. The molecule has 0 aliphatic carbocycles. The van der Waals surface area contributed by atoms with Crippen molar-refractivity contribution in [2.75, 3.05) is 33.3 Å². The lowest BCUT2D eigenvalue weighted by molar-refractivity contribution is -0.139. The number of hydrogen-bond acceptors (Lipinski definition) is 4. The number of amides is 1. The average molecular weight is 400 g/mol. The Morgan fingerprint density at radius 2 is 2.21 bits per heavy atom. The minimum absolute atomic E-state index is 0.114. The van der Waals surface area contributed by atoms with E-state index in [0.29, 0.717) is 24.3 Å². The minimum atomic E-state index is -0.219. The van der Waals surface area contributed by atoms with Crippen molar-refractivity contribution in [2.45, 2.75) is 38.6 Å². The van der Waals surface area contributed by atoms with Gasteiger partial charge in [-0.1, -0.05) is 6.07 Å². The van der Waals surface area contributed by atoms with Gasteiger partial charge in [-0.3, -0.25) is 9.69 Å². The average Bonchev–Trinajstić information content (AvgIpc) is 3.24. The van der Waals surface area contributed by atoms with E-state index in [1.807, 2.05) is 23.2 Å². The van der Waals surface area contributed by atoms with Crippen LogP contribution in [0, 0.1) is 11.2 Å². The highest BCUT2D eigenvalue weighted by molar-refractivity contribution is 5.77. The Morgan fingerprint density at radius 3 is 2.97 bits per heavy atom. The number of likely N-dealkylation sites (tertiary alicyclic amines) is 2. The van der Waals surface area contributed by atoms with Crippen LogP contribution in [0.3, 0.4) is 0 Å². The fraction of sp³-hybridized carbons (Fsp3) is 0.545. The number of carbonyl (C=O) groups excluding carboxylic acids is 1. The first-order chi connectivity index (χ1) is 14.1. The Morgan fingerprint density at radius 1 is 1.31 bits per heavy atom. The van der Waals surface area contributed by atoms with Crippen molar-refractivity contribution in [2.24, 2.45) is 5.41 Å². The predicted octanol–water partition coefficient (Wildman–Crippen LogP) is 3.00. The lowest BCUT2D eigenvalue weighted by Gasteiger charge is -2.48. The molecule has 6 nitrogen and oxygen atoms in total. The quantitative estimate of drug-likeness (QED) is 0.810. The molecular formula is C22H29FN4O2. The van der Waals surface area contributed by atoms with Crippen LogP contribution in [0.25, 0.3) is 0 Å². The third-order valence-electron chi connectivity index (χ3n) is 6.35. The van der Waals surface area contributed by atoms with E-state index in [2.05, 4.69) is 14.9 Å². The van der Waals surface area contributed by atoms with Gasteiger partial charge >= 0.3 is 0 Å². The van der Waals surface area contributed by atoms with E-state index in [1.54, 1.807) is 13.4 Å². The molecule has 1 spiro atoms. The van der Waals surface area contributed by atoms with E-state index in [9.17, 15) is 9.18 Å². The van der Waals surface area contributed by atoms with E-state index in [-0.39, 0.29) is 17.1 Å². The molecule has 0 saturated carbocycles. The third kappa shape index (κ3) is 4.61. The van der Waals surface area contributed by atoms with Gasteiger partial charge in [-0.05, 0) is 31.9 Å². The first-order valence-corrected chi connectivity index (χ1v) is 10.4. The SMILES string of the molecule is COc1ccc(CN2CCCC3(CCC(=O)N(CCc4cnc[nH]4)C3)C2)c(F)c1. The van der Waals surface area contributed by atoms with Crippen LogP contribution in [-0.2, 0) is 17.8 Å². The molecule has 2 fully saturated rings. The molecular weight excluding hydrogens is 371 g/mol. The summed E-state index contributed by atoms with van der Waals surface area (Å²) in [5, 5.41) is 0. The Labute approximate surface area is 171 Å². The zero-order valence-electron chi connectivity index (χ0n) is 17.0. The summed E-state index contributed by atoms with van der Waals surface area (Å²) in [6.45, 7) is 3.98. The predicted molar refractivity (Wildman–Crippen MR) is 108 cm³/mol. The molecule has 0 radical (unpaired) electrons. The topological polar surface area (TPSA) is 61.5 Å². The van der Waals surface area contributed by atoms with Gasteiger partial charge in [0.05, 0.1) is 13.4 Å². The van der Waals surface area contributed by atoms with Crippen LogP contribution in [-0.4, -0.2) is 59.0 Å². The number of rotatable bonds is 6. The molecule has 1 aromatic carbocycles. The standard InChI is InChI=1S/C22H29FN4O2/c1-29-19-4-3-17(20(23)11-19)13-26-9-2-7-22(14-26)8-5-21(28)27(15-22)10-6-18-12-24-16-25-18/h3-4,11-12,16H,2,5-10,13-15H2,1H3,(H,24,25). The van der Waals surface area contributed by atoms with Gasteiger partial charge in [-0.25, -0.2) is 9.37 Å². The smallest absolute Gasteiger partial charge is 0.222 e. The molecule has 2 aromatic rings. The van der Waals surface area contributed by atoms with Crippen LogP contribution in [0.1, 0.15) is 36.9 Å². The highest BCUT2D eigenvalue weighted by Crippen LogP contribution is 2.39. The van der Waals surface area contributed by atoms with Crippen molar-refractivity contribution in [1.82, 2.24) is 19.8 Å². The molecule has 1 atom stereocenters. The Balaban J connectivity index is 1.40. The second-order valence-electron chi connectivity index (χ2n) is 8.41. The molecule has 29 heavy (non-hydrogen) atoms. The van der Waals surface area contributed by atoms with Crippen LogP contribution in [0.15, 0.2) is 30.7 Å². The zero-order valence-corrected chi connectivity index (χ0v) is 17.0. The highest BCUT2D eigenvalue weighted by Gasteiger charge is 2.41. The van der Waals surface area contributed by atoms with Crippen LogP contribution in [0.4, 0.5) is 4.39 Å². The molecule has 2 saturated heterocycles. The number of aromatic nitrogens is 2. The van der Waals surface area contributed by atoms with E-state index in [0.717, 1.165) is 57.6 Å². The summed E-state index contributed by atoms with van der Waals surface area (Å²) in [5.74, 6) is 0.567. The van der Waals surface area contributed by atoms with Crippen molar-refractivity contribution < 1.29 is 13.9 Å². The summed E-state index contributed by atoms with van der Waals surface area (Å²) >= 11 is 0. The maximum absolute atomic E-state index is 14.4. The van der Waals surface area contributed by atoms with Crippen molar-refractivity contribution in [1.29, 1.82) is 0 Å². The van der Waals surface area contributed by atoms with Gasteiger partial charge in [0.2, 0.25) is 5.91 Å². The van der Waals surface area contributed by atoms with Crippen molar-refractivity contribution in [3.63, 3.8) is 0 Å². The van der Waals surface area contributed by atoms with Gasteiger partial charge in [0, 0.05) is 68.0 Å². The number of nitrogens with zero attached hydrogens (tertiary/aromatic N) is 3. The maximum atomic E-state index is 14.4. The first-order valence-electron chi connectivity index (χ1n) is 10.4. The third-order valence-corrected chi connectivity index (χ3v) is 6.35. The molecule has 1 unspecified atom stereocenters.